The maximum atomic E-state index is 12.6. The summed E-state index contributed by atoms with van der Waals surface area (Å²) in [5, 5.41) is 15.4. The lowest BCUT2D eigenvalue weighted by atomic mass is 9.96. The number of nitriles is 1. The molecular formula is C19H21N3OS2. The van der Waals surface area contributed by atoms with Crippen molar-refractivity contribution in [1.29, 1.82) is 5.26 Å². The maximum absolute atomic E-state index is 12.6. The van der Waals surface area contributed by atoms with Crippen molar-refractivity contribution in [3.8, 4) is 6.07 Å². The Hall–Kier alpha value is -1.68. The number of hydrogen-bond donors (Lipinski definition) is 1. The Morgan fingerprint density at radius 2 is 2.24 bits per heavy atom. The topological polar surface area (TPSA) is 56.1 Å². The van der Waals surface area contributed by atoms with Crippen molar-refractivity contribution in [2.24, 2.45) is 0 Å². The summed E-state index contributed by atoms with van der Waals surface area (Å²) < 4.78 is 0. The first-order valence-corrected chi connectivity index (χ1v) is 10.6. The van der Waals surface area contributed by atoms with Gasteiger partial charge in [-0.3, -0.25) is 9.69 Å². The fraction of sp³-hybridized carbons (Fsp3) is 0.474. The van der Waals surface area contributed by atoms with Crippen molar-refractivity contribution in [3.05, 3.63) is 38.4 Å². The van der Waals surface area contributed by atoms with Gasteiger partial charge in [0.05, 0.1) is 12.1 Å². The number of nitrogens with zero attached hydrogens (tertiary/aromatic N) is 2. The van der Waals surface area contributed by atoms with E-state index in [1.54, 1.807) is 22.7 Å². The molecule has 1 N–H and O–H groups in total. The lowest BCUT2D eigenvalue weighted by Crippen LogP contribution is -2.32. The monoisotopic (exact) mass is 371 g/mol. The summed E-state index contributed by atoms with van der Waals surface area (Å²) in [5.41, 5.74) is 1.87. The van der Waals surface area contributed by atoms with E-state index in [4.69, 9.17) is 0 Å². The maximum Gasteiger partial charge on any atom is 0.239 e. The Bertz CT molecular complexity index is 803. The molecule has 6 heteroatoms. The number of likely N-dealkylation sites (tertiary alicyclic amines) is 1. The summed E-state index contributed by atoms with van der Waals surface area (Å²) in [6.45, 7) is 1.36. The van der Waals surface area contributed by atoms with Gasteiger partial charge in [-0.2, -0.15) is 5.26 Å². The van der Waals surface area contributed by atoms with E-state index in [-0.39, 0.29) is 5.91 Å². The molecule has 25 heavy (non-hydrogen) atoms. The van der Waals surface area contributed by atoms with Crippen LogP contribution in [-0.2, 0) is 17.6 Å². The molecule has 3 heterocycles. The molecule has 130 valence electrons. The van der Waals surface area contributed by atoms with Gasteiger partial charge in [0.25, 0.3) is 0 Å². The third kappa shape index (κ3) is 3.37. The van der Waals surface area contributed by atoms with E-state index in [2.05, 4.69) is 33.8 Å². The van der Waals surface area contributed by atoms with E-state index in [0.717, 1.165) is 43.6 Å². The number of rotatable bonds is 4. The number of fused-ring (bicyclic) bond motifs is 1. The molecular weight excluding hydrogens is 350 g/mol. The highest BCUT2D eigenvalue weighted by Gasteiger charge is 2.29. The molecule has 2 aliphatic rings. The largest absolute Gasteiger partial charge is 0.315 e. The summed E-state index contributed by atoms with van der Waals surface area (Å²) in [5.74, 6) is -0.00134. The molecule has 1 aliphatic carbocycles. The second kappa shape index (κ2) is 7.28. The number of aryl methyl sites for hydroxylation is 1. The molecule has 2 aromatic heterocycles. The molecule has 0 spiro atoms. The molecule has 1 aliphatic heterocycles. The highest BCUT2D eigenvalue weighted by molar-refractivity contribution is 7.16. The highest BCUT2D eigenvalue weighted by Crippen LogP contribution is 2.38. The van der Waals surface area contributed by atoms with Gasteiger partial charge in [0.2, 0.25) is 5.91 Å². The number of carbonyl (C=O) groups excluding carboxylic acids is 1. The van der Waals surface area contributed by atoms with Crippen LogP contribution >= 0.6 is 22.7 Å². The fourth-order valence-corrected chi connectivity index (χ4v) is 6.09. The molecule has 4 nitrogen and oxygen atoms in total. The quantitative estimate of drug-likeness (QED) is 0.870. The van der Waals surface area contributed by atoms with Gasteiger partial charge in [-0.25, -0.2) is 0 Å². The zero-order valence-electron chi connectivity index (χ0n) is 14.1. The lowest BCUT2D eigenvalue weighted by Gasteiger charge is -2.22. The third-order valence-electron chi connectivity index (χ3n) is 5.12. The molecule has 0 bridgehead atoms. The Kier molecular flexibility index (Phi) is 4.89. The predicted molar refractivity (Wildman–Crippen MR) is 102 cm³/mol. The van der Waals surface area contributed by atoms with Crippen molar-refractivity contribution in [2.75, 3.05) is 18.4 Å². The summed E-state index contributed by atoms with van der Waals surface area (Å²) >= 11 is 3.37. The van der Waals surface area contributed by atoms with Crippen LogP contribution in [0.2, 0.25) is 0 Å². The van der Waals surface area contributed by atoms with E-state index in [1.165, 1.54) is 21.7 Å². The van der Waals surface area contributed by atoms with Crippen LogP contribution in [0.1, 0.15) is 52.6 Å². The first-order valence-electron chi connectivity index (χ1n) is 8.88. The normalized spacial score (nSPS) is 20.2. The minimum absolute atomic E-state index is 0.00134. The summed E-state index contributed by atoms with van der Waals surface area (Å²) in [6.07, 6.45) is 6.58. The molecule has 0 aromatic carbocycles. The summed E-state index contributed by atoms with van der Waals surface area (Å²) in [6, 6.07) is 6.91. The van der Waals surface area contributed by atoms with Crippen LogP contribution in [-0.4, -0.2) is 23.9 Å². The van der Waals surface area contributed by atoms with Crippen LogP contribution < -0.4 is 5.32 Å². The number of carbonyl (C=O) groups is 1. The zero-order valence-corrected chi connectivity index (χ0v) is 15.7. The van der Waals surface area contributed by atoms with E-state index < -0.39 is 0 Å². The van der Waals surface area contributed by atoms with Crippen LogP contribution in [0.3, 0.4) is 0 Å². The van der Waals surface area contributed by atoms with Crippen LogP contribution in [0.4, 0.5) is 5.00 Å². The van der Waals surface area contributed by atoms with Crippen LogP contribution in [0.25, 0.3) is 0 Å². The lowest BCUT2D eigenvalue weighted by molar-refractivity contribution is -0.117. The van der Waals surface area contributed by atoms with Crippen LogP contribution in [0, 0.1) is 11.3 Å². The van der Waals surface area contributed by atoms with Crippen LogP contribution in [0.5, 0.6) is 0 Å². The van der Waals surface area contributed by atoms with E-state index in [9.17, 15) is 10.1 Å². The van der Waals surface area contributed by atoms with Gasteiger partial charge in [0, 0.05) is 15.8 Å². The molecule has 0 radical (unpaired) electrons. The van der Waals surface area contributed by atoms with E-state index in [0.29, 0.717) is 18.2 Å². The first kappa shape index (κ1) is 16.8. The van der Waals surface area contributed by atoms with Crippen molar-refractivity contribution < 1.29 is 4.79 Å². The molecule has 0 saturated carbocycles. The van der Waals surface area contributed by atoms with Crippen molar-refractivity contribution in [1.82, 2.24) is 4.90 Å². The van der Waals surface area contributed by atoms with Gasteiger partial charge >= 0.3 is 0 Å². The number of hydrogen-bond acceptors (Lipinski definition) is 5. The average molecular weight is 372 g/mol. The number of anilines is 1. The SMILES string of the molecule is N#Cc1c(NC(=O)CN2CCC[C@@H]2c2cccs2)sc2c1CCCC2. The van der Waals surface area contributed by atoms with Crippen molar-refractivity contribution >= 4 is 33.6 Å². The number of thiophene rings is 2. The summed E-state index contributed by atoms with van der Waals surface area (Å²) in [7, 11) is 0. The molecule has 1 fully saturated rings. The molecule has 1 atom stereocenters. The van der Waals surface area contributed by atoms with Gasteiger partial charge in [-0.15, -0.1) is 22.7 Å². The first-order chi connectivity index (χ1) is 12.3. The van der Waals surface area contributed by atoms with Gasteiger partial charge in [-0.1, -0.05) is 6.07 Å². The van der Waals surface area contributed by atoms with Crippen molar-refractivity contribution in [3.63, 3.8) is 0 Å². The van der Waals surface area contributed by atoms with E-state index >= 15 is 0 Å². The predicted octanol–water partition coefficient (Wildman–Crippen LogP) is 4.34. The Balaban J connectivity index is 1.46. The van der Waals surface area contributed by atoms with Crippen molar-refractivity contribution in [2.45, 2.75) is 44.6 Å². The molecule has 4 rings (SSSR count). The molecule has 1 saturated heterocycles. The average Bonchev–Trinajstić information content (AvgIpc) is 3.33. The minimum Gasteiger partial charge on any atom is -0.315 e. The number of amides is 1. The molecule has 0 unspecified atom stereocenters. The van der Waals surface area contributed by atoms with Gasteiger partial charge < -0.3 is 5.32 Å². The Morgan fingerprint density at radius 1 is 1.36 bits per heavy atom. The van der Waals surface area contributed by atoms with E-state index in [1.807, 2.05) is 0 Å². The van der Waals surface area contributed by atoms with Gasteiger partial charge in [0.1, 0.15) is 11.1 Å². The van der Waals surface area contributed by atoms with Gasteiger partial charge in [0.15, 0.2) is 0 Å². The minimum atomic E-state index is -0.00134. The fourth-order valence-electron chi connectivity index (χ4n) is 3.94. The second-order valence-electron chi connectivity index (χ2n) is 6.72. The third-order valence-corrected chi connectivity index (χ3v) is 7.30. The molecule has 1 amide bonds. The summed E-state index contributed by atoms with van der Waals surface area (Å²) in [4.78, 5) is 17.5. The highest BCUT2D eigenvalue weighted by atomic mass is 32.1. The Morgan fingerprint density at radius 3 is 3.04 bits per heavy atom. The van der Waals surface area contributed by atoms with Crippen LogP contribution in [0.15, 0.2) is 17.5 Å². The second-order valence-corrected chi connectivity index (χ2v) is 8.80. The standard InChI is InChI=1S/C19H21N3OS2/c20-11-14-13-5-1-2-7-16(13)25-19(14)21-18(23)12-22-9-3-6-15(22)17-8-4-10-24-17/h4,8,10,15H,1-3,5-7,9,12H2,(H,21,23)/t15-/m1/s1. The number of nitrogens with one attached hydrogen (secondary N) is 1. The Labute approximate surface area is 156 Å². The zero-order chi connectivity index (χ0) is 17.2. The van der Waals surface area contributed by atoms with Gasteiger partial charge in [-0.05, 0) is 62.1 Å². The molecule has 2 aromatic rings. The smallest absolute Gasteiger partial charge is 0.239 e.